The molecule has 2 aliphatic rings. The first-order valence-corrected chi connectivity index (χ1v) is 19.3. The molecule has 0 bridgehead atoms. The maximum absolute atomic E-state index is 14.0. The van der Waals surface area contributed by atoms with Gasteiger partial charge in [0.25, 0.3) is 5.91 Å². The molecule has 3 aromatic rings. The molecule has 2 aromatic carbocycles. The fourth-order valence-corrected chi connectivity index (χ4v) is 6.59. The van der Waals surface area contributed by atoms with E-state index in [0.29, 0.717) is 18.2 Å². The second-order valence-electron chi connectivity index (χ2n) is 12.8. The summed E-state index contributed by atoms with van der Waals surface area (Å²) in [7, 11) is -1.07. The summed E-state index contributed by atoms with van der Waals surface area (Å²) in [6, 6.07) is 15.4. The standard InChI is InChI=1S/C34H46N4O3Si/c1-7-18-41-29-15-12-27(13-16-29)33-31-24(3)37(8-2)36-32(31)34(39)38(33)28-14-11-26-10-9-25(23-35-30(26)22-28)17-19-40-20-21-42(4,5)6/h11-16,22-23,25,33H,7-10,17-21H2,1-6H3. The number of benzene rings is 2. The lowest BCUT2D eigenvalue weighted by molar-refractivity contribution is 0.0987. The molecule has 5 rings (SSSR count). The summed E-state index contributed by atoms with van der Waals surface area (Å²) in [6.45, 7) is 16.4. The minimum atomic E-state index is -1.07. The Morgan fingerprint density at radius 3 is 2.52 bits per heavy atom. The van der Waals surface area contributed by atoms with Gasteiger partial charge in [0.15, 0.2) is 5.69 Å². The van der Waals surface area contributed by atoms with Gasteiger partial charge < -0.3 is 9.47 Å². The number of aromatic nitrogens is 2. The summed E-state index contributed by atoms with van der Waals surface area (Å²) in [4.78, 5) is 20.8. The Balaban J connectivity index is 1.39. The fourth-order valence-electron chi connectivity index (χ4n) is 5.83. The molecular formula is C34H46N4O3Si. The van der Waals surface area contributed by atoms with E-state index in [0.717, 1.165) is 79.4 Å². The minimum Gasteiger partial charge on any atom is -0.494 e. The third kappa shape index (κ3) is 6.55. The van der Waals surface area contributed by atoms with Gasteiger partial charge in [-0.3, -0.25) is 19.4 Å². The molecule has 42 heavy (non-hydrogen) atoms. The van der Waals surface area contributed by atoms with Crippen LogP contribution in [0, 0.1) is 12.8 Å². The smallest absolute Gasteiger partial charge is 0.280 e. The molecule has 1 aromatic heterocycles. The maximum Gasteiger partial charge on any atom is 0.280 e. The van der Waals surface area contributed by atoms with Crippen LogP contribution in [-0.4, -0.2) is 49.8 Å². The first-order valence-electron chi connectivity index (χ1n) is 15.6. The zero-order chi connectivity index (χ0) is 29.9. The molecule has 8 heteroatoms. The number of hydrogen-bond donors (Lipinski definition) is 0. The van der Waals surface area contributed by atoms with Crippen molar-refractivity contribution in [1.82, 2.24) is 9.78 Å². The highest BCUT2D eigenvalue weighted by molar-refractivity contribution is 6.76. The third-order valence-corrected chi connectivity index (χ3v) is 10.1. The number of fused-ring (bicyclic) bond motifs is 2. The summed E-state index contributed by atoms with van der Waals surface area (Å²) in [5, 5.41) is 4.73. The summed E-state index contributed by atoms with van der Waals surface area (Å²) < 4.78 is 13.7. The normalized spacial score (nSPS) is 18.2. The van der Waals surface area contributed by atoms with Crippen molar-refractivity contribution < 1.29 is 14.3 Å². The number of aliphatic imine (C=N–C) groups is 1. The van der Waals surface area contributed by atoms with Crippen LogP contribution < -0.4 is 9.64 Å². The first-order chi connectivity index (χ1) is 20.2. The fraction of sp³-hybridized carbons (Fsp3) is 0.500. The van der Waals surface area contributed by atoms with Gasteiger partial charge in [-0.05, 0) is 86.9 Å². The van der Waals surface area contributed by atoms with Crippen LogP contribution in [-0.2, 0) is 17.7 Å². The van der Waals surface area contributed by atoms with Gasteiger partial charge in [-0.15, -0.1) is 0 Å². The second kappa shape index (κ2) is 13.0. The van der Waals surface area contributed by atoms with Crippen molar-refractivity contribution >= 4 is 31.6 Å². The van der Waals surface area contributed by atoms with E-state index < -0.39 is 8.07 Å². The molecule has 1 amide bonds. The van der Waals surface area contributed by atoms with E-state index in [2.05, 4.69) is 77.0 Å². The van der Waals surface area contributed by atoms with Crippen molar-refractivity contribution in [3.8, 4) is 5.75 Å². The number of amides is 1. The zero-order valence-electron chi connectivity index (χ0n) is 26.2. The Kier molecular flexibility index (Phi) is 9.33. The number of rotatable bonds is 12. The molecule has 7 nitrogen and oxygen atoms in total. The van der Waals surface area contributed by atoms with Gasteiger partial charge in [-0.25, -0.2) is 0 Å². The van der Waals surface area contributed by atoms with Gasteiger partial charge in [-0.1, -0.05) is 44.8 Å². The van der Waals surface area contributed by atoms with Crippen LogP contribution >= 0.6 is 0 Å². The molecule has 2 aliphatic heterocycles. The van der Waals surface area contributed by atoms with Gasteiger partial charge in [0.2, 0.25) is 0 Å². The van der Waals surface area contributed by atoms with Crippen molar-refractivity contribution in [2.75, 3.05) is 24.7 Å². The third-order valence-electron chi connectivity index (χ3n) is 8.36. The molecule has 2 unspecified atom stereocenters. The predicted molar refractivity (Wildman–Crippen MR) is 174 cm³/mol. The van der Waals surface area contributed by atoms with E-state index in [-0.39, 0.29) is 11.9 Å². The Morgan fingerprint density at radius 2 is 1.81 bits per heavy atom. The van der Waals surface area contributed by atoms with Crippen molar-refractivity contribution in [2.24, 2.45) is 10.9 Å². The largest absolute Gasteiger partial charge is 0.494 e. The number of anilines is 1. The van der Waals surface area contributed by atoms with Crippen molar-refractivity contribution in [3.05, 3.63) is 70.5 Å². The van der Waals surface area contributed by atoms with Crippen molar-refractivity contribution in [1.29, 1.82) is 0 Å². The van der Waals surface area contributed by atoms with Crippen LogP contribution in [0.25, 0.3) is 0 Å². The molecule has 2 atom stereocenters. The first kappa shape index (κ1) is 30.2. The molecule has 0 fully saturated rings. The topological polar surface area (TPSA) is 69.0 Å². The minimum absolute atomic E-state index is 0.0671. The maximum atomic E-state index is 14.0. The Labute approximate surface area is 251 Å². The number of aryl methyl sites for hydroxylation is 2. The summed E-state index contributed by atoms with van der Waals surface area (Å²) >= 11 is 0. The summed E-state index contributed by atoms with van der Waals surface area (Å²) in [5.74, 6) is 1.17. The van der Waals surface area contributed by atoms with Gasteiger partial charge in [0.05, 0.1) is 18.3 Å². The van der Waals surface area contributed by atoms with E-state index in [9.17, 15) is 4.79 Å². The van der Waals surface area contributed by atoms with Gasteiger partial charge in [0.1, 0.15) is 5.75 Å². The average molecular weight is 587 g/mol. The highest BCUT2D eigenvalue weighted by atomic mass is 28.3. The van der Waals surface area contributed by atoms with E-state index in [1.807, 2.05) is 21.7 Å². The number of carbonyl (C=O) groups is 1. The molecule has 224 valence electrons. The average Bonchev–Trinajstić information content (AvgIpc) is 3.36. The predicted octanol–water partition coefficient (Wildman–Crippen LogP) is 7.76. The molecular weight excluding hydrogens is 540 g/mol. The van der Waals surface area contributed by atoms with Gasteiger partial charge >= 0.3 is 0 Å². The van der Waals surface area contributed by atoms with Crippen molar-refractivity contribution in [3.63, 3.8) is 0 Å². The quantitative estimate of drug-likeness (QED) is 0.161. The molecule has 0 radical (unpaired) electrons. The van der Waals surface area contributed by atoms with E-state index in [4.69, 9.17) is 19.6 Å². The molecule has 0 saturated carbocycles. The van der Waals surface area contributed by atoms with Gasteiger partial charge in [-0.2, -0.15) is 5.10 Å². The number of nitrogens with zero attached hydrogens (tertiary/aromatic N) is 4. The van der Waals surface area contributed by atoms with Crippen LogP contribution in [0.3, 0.4) is 0 Å². The van der Waals surface area contributed by atoms with E-state index in [1.54, 1.807) is 0 Å². The zero-order valence-corrected chi connectivity index (χ0v) is 27.2. The monoisotopic (exact) mass is 586 g/mol. The van der Waals surface area contributed by atoms with Crippen LogP contribution in [0.2, 0.25) is 25.7 Å². The van der Waals surface area contributed by atoms with Crippen LogP contribution in [0.5, 0.6) is 5.75 Å². The van der Waals surface area contributed by atoms with Crippen LogP contribution in [0.15, 0.2) is 47.5 Å². The highest BCUT2D eigenvalue weighted by Crippen LogP contribution is 2.44. The highest BCUT2D eigenvalue weighted by Gasteiger charge is 2.43. The molecule has 0 saturated heterocycles. The second-order valence-corrected chi connectivity index (χ2v) is 18.4. The molecule has 0 aliphatic carbocycles. The number of carbonyl (C=O) groups excluding carboxylic acids is 1. The molecule has 0 spiro atoms. The van der Waals surface area contributed by atoms with Crippen molar-refractivity contribution in [2.45, 2.75) is 84.7 Å². The lowest BCUT2D eigenvalue weighted by Gasteiger charge is -2.27. The number of hydrogen-bond acceptors (Lipinski definition) is 5. The molecule has 0 N–H and O–H groups in total. The van der Waals surface area contributed by atoms with Gasteiger partial charge in [0, 0.05) is 51.0 Å². The summed E-state index contributed by atoms with van der Waals surface area (Å²) in [6.07, 6.45) is 6.07. The van der Waals surface area contributed by atoms with Crippen LogP contribution in [0.4, 0.5) is 11.4 Å². The lowest BCUT2D eigenvalue weighted by atomic mass is 9.97. The Hall–Kier alpha value is -3.23. The van der Waals surface area contributed by atoms with Crippen LogP contribution in [0.1, 0.15) is 72.0 Å². The SMILES string of the molecule is CCCOc1ccc(C2c3c(nn(CC)c3C)C(=O)N2c2ccc3c(c2)N=CC(CCOCC[Si](C)(C)C)CC3)cc1. The van der Waals surface area contributed by atoms with E-state index >= 15 is 0 Å². The van der Waals surface area contributed by atoms with E-state index in [1.165, 1.54) is 11.6 Å². The summed E-state index contributed by atoms with van der Waals surface area (Å²) in [5.41, 5.74) is 6.61. The lowest BCUT2D eigenvalue weighted by Crippen LogP contribution is -2.30. The molecule has 3 heterocycles. The number of ether oxygens (including phenoxy) is 2. The Bertz CT molecular complexity index is 1420. The Morgan fingerprint density at radius 1 is 1.02 bits per heavy atom.